The number of anilines is 1. The number of nitrogens with one attached hydrogen (secondary N) is 1. The maximum Gasteiger partial charge on any atom is 0.411 e. The molecule has 1 N–H and O–H groups in total. The van der Waals surface area contributed by atoms with Crippen molar-refractivity contribution in [1.82, 2.24) is 0 Å². The fourth-order valence-corrected chi connectivity index (χ4v) is 2.75. The largest absolute Gasteiger partial charge is 0.489 e. The van der Waals surface area contributed by atoms with Crippen LogP contribution in [0.4, 0.5) is 10.5 Å². The Morgan fingerprint density at radius 3 is 2.65 bits per heavy atom. The normalized spacial score (nSPS) is 10.3. The van der Waals surface area contributed by atoms with Gasteiger partial charge in [-0.05, 0) is 73.2 Å². The van der Waals surface area contributed by atoms with Crippen LogP contribution in [-0.2, 0) is 11.3 Å². The molecule has 2 aromatic rings. The minimum absolute atomic E-state index is 0.338. The van der Waals surface area contributed by atoms with Crippen LogP contribution in [0.5, 0.6) is 5.75 Å². The van der Waals surface area contributed by atoms with Crippen LogP contribution < -0.4 is 10.1 Å². The number of carbonyl (C=O) groups is 1. The minimum Gasteiger partial charge on any atom is -0.489 e. The Morgan fingerprint density at radius 1 is 1.17 bits per heavy atom. The van der Waals surface area contributed by atoms with E-state index in [1.54, 1.807) is 6.92 Å². The Hall–Kier alpha value is -1.76. The maximum absolute atomic E-state index is 11.6. The number of rotatable bonds is 5. The van der Waals surface area contributed by atoms with Gasteiger partial charge in [0.15, 0.2) is 0 Å². The van der Waals surface area contributed by atoms with E-state index in [0.29, 0.717) is 18.9 Å². The van der Waals surface area contributed by atoms with E-state index in [1.165, 1.54) is 5.56 Å². The fourth-order valence-electron chi connectivity index (χ4n) is 2.20. The van der Waals surface area contributed by atoms with E-state index >= 15 is 0 Å². The highest BCUT2D eigenvalue weighted by molar-refractivity contribution is 14.1. The molecule has 0 heterocycles. The van der Waals surface area contributed by atoms with Crippen molar-refractivity contribution in [1.29, 1.82) is 0 Å². The van der Waals surface area contributed by atoms with E-state index in [2.05, 4.69) is 40.9 Å². The van der Waals surface area contributed by atoms with Gasteiger partial charge in [-0.15, -0.1) is 0 Å². The lowest BCUT2D eigenvalue weighted by Crippen LogP contribution is -2.15. The number of carbonyl (C=O) groups excluding carboxylic acids is 1. The molecule has 0 bridgehead atoms. The predicted octanol–water partition coefficient (Wildman–Crippen LogP) is 5.06. The molecule has 0 aromatic heterocycles. The van der Waals surface area contributed by atoms with Crippen molar-refractivity contribution in [2.45, 2.75) is 27.4 Å². The third-order valence-corrected chi connectivity index (χ3v) is 3.96. The molecule has 0 atom stereocenters. The fraction of sp³-hybridized carbons (Fsp3) is 0.278. The van der Waals surface area contributed by atoms with Crippen LogP contribution in [0.2, 0.25) is 0 Å². The predicted molar refractivity (Wildman–Crippen MR) is 100 cm³/mol. The Morgan fingerprint density at radius 2 is 1.96 bits per heavy atom. The van der Waals surface area contributed by atoms with Gasteiger partial charge in [-0.1, -0.05) is 17.7 Å². The van der Waals surface area contributed by atoms with Crippen LogP contribution >= 0.6 is 22.6 Å². The summed E-state index contributed by atoms with van der Waals surface area (Å²) in [6.45, 7) is 6.57. The number of benzene rings is 2. The summed E-state index contributed by atoms with van der Waals surface area (Å²) in [5, 5.41) is 2.75. The summed E-state index contributed by atoms with van der Waals surface area (Å²) in [5.74, 6) is 0.844. The van der Waals surface area contributed by atoms with Crippen molar-refractivity contribution < 1.29 is 14.3 Å². The second kappa shape index (κ2) is 8.19. The van der Waals surface area contributed by atoms with Gasteiger partial charge in [-0.2, -0.15) is 0 Å². The zero-order valence-corrected chi connectivity index (χ0v) is 15.6. The Balaban J connectivity index is 2.14. The second-order valence-electron chi connectivity index (χ2n) is 5.20. The SMILES string of the molecule is CCOC(=O)Nc1ccc(I)cc1COc1ccc(C)cc1C. The van der Waals surface area contributed by atoms with Crippen molar-refractivity contribution in [3.63, 3.8) is 0 Å². The van der Waals surface area contributed by atoms with Crippen molar-refractivity contribution in [2.24, 2.45) is 0 Å². The molecular weight excluding hydrogens is 405 g/mol. The van der Waals surface area contributed by atoms with Gasteiger partial charge in [-0.3, -0.25) is 5.32 Å². The number of hydrogen-bond acceptors (Lipinski definition) is 3. The minimum atomic E-state index is -0.457. The zero-order valence-electron chi connectivity index (χ0n) is 13.5. The molecule has 0 saturated heterocycles. The quantitative estimate of drug-likeness (QED) is 0.682. The Labute approximate surface area is 150 Å². The lowest BCUT2D eigenvalue weighted by molar-refractivity contribution is 0.168. The number of halogens is 1. The molecule has 122 valence electrons. The number of hydrogen-bond donors (Lipinski definition) is 1. The first-order valence-corrected chi connectivity index (χ1v) is 8.49. The van der Waals surface area contributed by atoms with Crippen LogP contribution in [0.1, 0.15) is 23.6 Å². The summed E-state index contributed by atoms with van der Waals surface area (Å²) in [6.07, 6.45) is -0.457. The zero-order chi connectivity index (χ0) is 16.8. The first-order valence-electron chi connectivity index (χ1n) is 7.42. The summed E-state index contributed by atoms with van der Waals surface area (Å²) in [4.78, 5) is 11.6. The maximum atomic E-state index is 11.6. The van der Waals surface area contributed by atoms with Crippen LogP contribution in [0, 0.1) is 17.4 Å². The molecule has 0 saturated carbocycles. The molecule has 2 rings (SSSR count). The first kappa shape index (κ1) is 17.6. The van der Waals surface area contributed by atoms with E-state index in [-0.39, 0.29) is 0 Å². The van der Waals surface area contributed by atoms with Gasteiger partial charge in [0, 0.05) is 9.13 Å². The van der Waals surface area contributed by atoms with Gasteiger partial charge < -0.3 is 9.47 Å². The summed E-state index contributed by atoms with van der Waals surface area (Å²) in [7, 11) is 0. The molecule has 23 heavy (non-hydrogen) atoms. The van der Waals surface area contributed by atoms with Crippen LogP contribution in [0.15, 0.2) is 36.4 Å². The third-order valence-electron chi connectivity index (χ3n) is 3.29. The lowest BCUT2D eigenvalue weighted by atomic mass is 10.1. The molecule has 0 spiro atoms. The highest BCUT2D eigenvalue weighted by Gasteiger charge is 2.09. The Bertz CT molecular complexity index is 701. The molecule has 0 unspecified atom stereocenters. The van der Waals surface area contributed by atoms with Gasteiger partial charge >= 0.3 is 6.09 Å². The lowest BCUT2D eigenvalue weighted by Gasteiger charge is -2.14. The topological polar surface area (TPSA) is 47.6 Å². The molecule has 0 radical (unpaired) electrons. The number of aryl methyl sites for hydroxylation is 2. The molecule has 2 aromatic carbocycles. The molecule has 4 nitrogen and oxygen atoms in total. The van der Waals surface area contributed by atoms with Crippen LogP contribution in [-0.4, -0.2) is 12.7 Å². The van der Waals surface area contributed by atoms with Crippen LogP contribution in [0.3, 0.4) is 0 Å². The van der Waals surface area contributed by atoms with Gasteiger partial charge in [-0.25, -0.2) is 4.79 Å². The molecule has 0 aliphatic rings. The van der Waals surface area contributed by atoms with Crippen molar-refractivity contribution in [3.8, 4) is 5.75 Å². The van der Waals surface area contributed by atoms with E-state index in [4.69, 9.17) is 9.47 Å². The van der Waals surface area contributed by atoms with E-state index in [9.17, 15) is 4.79 Å². The van der Waals surface area contributed by atoms with Gasteiger partial charge in [0.05, 0.1) is 12.3 Å². The van der Waals surface area contributed by atoms with E-state index < -0.39 is 6.09 Å². The van der Waals surface area contributed by atoms with Crippen molar-refractivity contribution in [2.75, 3.05) is 11.9 Å². The highest BCUT2D eigenvalue weighted by Crippen LogP contribution is 2.24. The summed E-state index contributed by atoms with van der Waals surface area (Å²) >= 11 is 2.24. The molecular formula is C18H20INO3. The van der Waals surface area contributed by atoms with Gasteiger partial charge in [0.2, 0.25) is 0 Å². The Kier molecular flexibility index (Phi) is 6.27. The van der Waals surface area contributed by atoms with Crippen molar-refractivity contribution >= 4 is 34.4 Å². The van der Waals surface area contributed by atoms with E-state index in [1.807, 2.05) is 37.3 Å². The number of amides is 1. The number of ether oxygens (including phenoxy) is 2. The smallest absolute Gasteiger partial charge is 0.411 e. The van der Waals surface area contributed by atoms with Gasteiger partial charge in [0.25, 0.3) is 0 Å². The average molecular weight is 425 g/mol. The second-order valence-corrected chi connectivity index (χ2v) is 6.45. The molecule has 0 fully saturated rings. The first-order chi connectivity index (χ1) is 11.0. The monoisotopic (exact) mass is 425 g/mol. The van der Waals surface area contributed by atoms with Crippen molar-refractivity contribution in [3.05, 3.63) is 56.7 Å². The standard InChI is InChI=1S/C18H20INO3/c1-4-22-18(21)20-16-7-6-15(19)10-14(16)11-23-17-8-5-12(2)9-13(17)3/h5-10H,4,11H2,1-3H3,(H,20,21). The highest BCUT2D eigenvalue weighted by atomic mass is 127. The molecule has 0 aliphatic heterocycles. The van der Waals surface area contributed by atoms with Crippen LogP contribution in [0.25, 0.3) is 0 Å². The summed E-state index contributed by atoms with van der Waals surface area (Å²) in [6, 6.07) is 11.9. The molecule has 0 aliphatic carbocycles. The third kappa shape index (κ3) is 5.13. The van der Waals surface area contributed by atoms with E-state index in [0.717, 1.165) is 20.4 Å². The molecule has 5 heteroatoms. The van der Waals surface area contributed by atoms with Gasteiger partial charge in [0.1, 0.15) is 12.4 Å². The summed E-state index contributed by atoms with van der Waals surface area (Å²) < 4.78 is 11.9. The summed E-state index contributed by atoms with van der Waals surface area (Å²) in [5.41, 5.74) is 3.91. The average Bonchev–Trinajstić information content (AvgIpc) is 2.49. The molecule has 1 amide bonds.